The SMILES string of the molecule is C#CC(C)NCCOCC(F)(F)F. The first-order chi connectivity index (χ1) is 5.95. The second-order valence-corrected chi connectivity index (χ2v) is 2.51. The predicted molar refractivity (Wildman–Crippen MR) is 43.2 cm³/mol. The number of nitrogens with one attached hydrogen (secondary N) is 1. The van der Waals surface area contributed by atoms with Crippen LogP contribution in [0.2, 0.25) is 0 Å². The van der Waals surface area contributed by atoms with Crippen molar-refractivity contribution < 1.29 is 17.9 Å². The van der Waals surface area contributed by atoms with Gasteiger partial charge in [0.2, 0.25) is 0 Å². The van der Waals surface area contributed by atoms with Gasteiger partial charge in [0, 0.05) is 6.54 Å². The zero-order valence-corrected chi connectivity index (χ0v) is 7.32. The lowest BCUT2D eigenvalue weighted by molar-refractivity contribution is -0.173. The third-order valence-electron chi connectivity index (χ3n) is 1.21. The summed E-state index contributed by atoms with van der Waals surface area (Å²) in [6.07, 6.45) is 0.770. The van der Waals surface area contributed by atoms with Crippen molar-refractivity contribution in [2.45, 2.75) is 19.1 Å². The molecule has 0 saturated carbocycles. The highest BCUT2D eigenvalue weighted by Crippen LogP contribution is 2.13. The van der Waals surface area contributed by atoms with Crippen molar-refractivity contribution in [2.24, 2.45) is 0 Å². The average molecular weight is 195 g/mol. The smallest absolute Gasteiger partial charge is 0.371 e. The molecule has 0 aromatic carbocycles. The van der Waals surface area contributed by atoms with Crippen LogP contribution in [-0.4, -0.2) is 32.0 Å². The minimum absolute atomic E-state index is 0.00549. The van der Waals surface area contributed by atoms with Crippen molar-refractivity contribution in [1.29, 1.82) is 0 Å². The van der Waals surface area contributed by atoms with Gasteiger partial charge in [0.1, 0.15) is 6.61 Å². The number of ether oxygens (including phenoxy) is 1. The van der Waals surface area contributed by atoms with Crippen molar-refractivity contribution in [3.05, 3.63) is 0 Å². The van der Waals surface area contributed by atoms with Crippen LogP contribution in [-0.2, 0) is 4.74 Å². The molecule has 0 aliphatic heterocycles. The van der Waals surface area contributed by atoms with Crippen LogP contribution in [0.1, 0.15) is 6.92 Å². The number of alkyl halides is 3. The van der Waals surface area contributed by atoms with Crippen LogP contribution in [0.3, 0.4) is 0 Å². The quantitative estimate of drug-likeness (QED) is 0.525. The molecule has 0 aromatic rings. The molecule has 5 heteroatoms. The van der Waals surface area contributed by atoms with Crippen molar-refractivity contribution in [1.82, 2.24) is 5.32 Å². The van der Waals surface area contributed by atoms with Crippen LogP contribution >= 0.6 is 0 Å². The van der Waals surface area contributed by atoms with Crippen LogP contribution in [0.5, 0.6) is 0 Å². The van der Waals surface area contributed by atoms with E-state index >= 15 is 0 Å². The maximum Gasteiger partial charge on any atom is 0.411 e. The Bertz CT molecular complexity index is 173. The van der Waals surface area contributed by atoms with E-state index in [0.29, 0.717) is 6.54 Å². The summed E-state index contributed by atoms with van der Waals surface area (Å²) in [4.78, 5) is 0. The van der Waals surface area contributed by atoms with Crippen LogP contribution in [0.25, 0.3) is 0 Å². The molecular formula is C8H12F3NO. The normalized spacial score (nSPS) is 13.8. The zero-order chi connectivity index (χ0) is 10.3. The second kappa shape index (κ2) is 5.84. The molecule has 0 amide bonds. The molecule has 0 heterocycles. The number of hydrogen-bond acceptors (Lipinski definition) is 2. The molecule has 0 fully saturated rings. The number of terminal acetylenes is 1. The molecule has 0 rings (SSSR count). The molecule has 1 N–H and O–H groups in total. The summed E-state index contributed by atoms with van der Waals surface area (Å²) in [6, 6.07) is -0.144. The summed E-state index contributed by atoms with van der Waals surface area (Å²) in [5.74, 6) is 2.38. The van der Waals surface area contributed by atoms with E-state index in [2.05, 4.69) is 16.0 Å². The Hall–Kier alpha value is -0.730. The fourth-order valence-corrected chi connectivity index (χ4v) is 0.594. The average Bonchev–Trinajstić information content (AvgIpc) is 2.01. The van der Waals surface area contributed by atoms with E-state index in [1.54, 1.807) is 6.92 Å². The predicted octanol–water partition coefficient (Wildman–Crippen LogP) is 1.18. The van der Waals surface area contributed by atoms with Crippen molar-refractivity contribution in [3.8, 4) is 12.3 Å². The molecule has 0 spiro atoms. The standard InChI is InChI=1S/C8H12F3NO/c1-3-7(2)12-4-5-13-6-8(9,10)11/h1,7,12H,4-6H2,2H3. The highest BCUT2D eigenvalue weighted by Gasteiger charge is 2.27. The maximum absolute atomic E-state index is 11.5. The van der Waals surface area contributed by atoms with E-state index in [0.717, 1.165) is 0 Å². The Labute approximate surface area is 75.5 Å². The topological polar surface area (TPSA) is 21.3 Å². The minimum atomic E-state index is -4.25. The largest absolute Gasteiger partial charge is 0.411 e. The van der Waals surface area contributed by atoms with E-state index in [1.807, 2.05) is 0 Å². The van der Waals surface area contributed by atoms with E-state index in [-0.39, 0.29) is 12.6 Å². The van der Waals surface area contributed by atoms with Gasteiger partial charge in [-0.25, -0.2) is 0 Å². The summed E-state index contributed by atoms with van der Waals surface area (Å²) < 4.78 is 38.9. The second-order valence-electron chi connectivity index (χ2n) is 2.51. The van der Waals surface area contributed by atoms with Crippen LogP contribution in [0.15, 0.2) is 0 Å². The van der Waals surface area contributed by atoms with Gasteiger partial charge < -0.3 is 10.1 Å². The molecular weight excluding hydrogens is 183 g/mol. The highest BCUT2D eigenvalue weighted by molar-refractivity contribution is 4.95. The van der Waals surface area contributed by atoms with Gasteiger partial charge in [-0.3, -0.25) is 0 Å². The molecule has 2 nitrogen and oxygen atoms in total. The first kappa shape index (κ1) is 12.3. The van der Waals surface area contributed by atoms with Gasteiger partial charge in [0.25, 0.3) is 0 Å². The lowest BCUT2D eigenvalue weighted by atomic mass is 10.3. The van der Waals surface area contributed by atoms with Gasteiger partial charge in [-0.15, -0.1) is 6.42 Å². The molecule has 0 saturated heterocycles. The van der Waals surface area contributed by atoms with Crippen molar-refractivity contribution in [2.75, 3.05) is 19.8 Å². The number of rotatable bonds is 5. The molecule has 0 aliphatic rings. The van der Waals surface area contributed by atoms with E-state index in [4.69, 9.17) is 6.42 Å². The first-order valence-electron chi connectivity index (χ1n) is 3.79. The Morgan fingerprint density at radius 2 is 2.15 bits per heavy atom. The summed E-state index contributed by atoms with van der Waals surface area (Å²) in [5.41, 5.74) is 0. The number of hydrogen-bond donors (Lipinski definition) is 1. The fraction of sp³-hybridized carbons (Fsp3) is 0.750. The fourth-order valence-electron chi connectivity index (χ4n) is 0.594. The lowest BCUT2D eigenvalue weighted by Gasteiger charge is -2.09. The Balaban J connectivity index is 3.24. The zero-order valence-electron chi connectivity index (χ0n) is 7.32. The van der Waals surface area contributed by atoms with Crippen LogP contribution < -0.4 is 5.32 Å². The van der Waals surface area contributed by atoms with Crippen LogP contribution in [0.4, 0.5) is 13.2 Å². The Kier molecular flexibility index (Phi) is 5.51. The molecule has 13 heavy (non-hydrogen) atoms. The summed E-state index contributed by atoms with van der Waals surface area (Å²) in [6.45, 7) is 0.857. The van der Waals surface area contributed by atoms with Crippen molar-refractivity contribution >= 4 is 0 Å². The molecule has 0 aliphatic carbocycles. The Morgan fingerprint density at radius 1 is 1.54 bits per heavy atom. The summed E-state index contributed by atoms with van der Waals surface area (Å²) in [7, 11) is 0. The Morgan fingerprint density at radius 3 is 2.62 bits per heavy atom. The molecule has 0 bridgehead atoms. The van der Waals surface area contributed by atoms with Gasteiger partial charge in [-0.05, 0) is 6.92 Å². The van der Waals surface area contributed by atoms with Gasteiger partial charge in [0.15, 0.2) is 0 Å². The molecule has 0 aromatic heterocycles. The maximum atomic E-state index is 11.5. The van der Waals surface area contributed by atoms with E-state index < -0.39 is 12.8 Å². The molecule has 0 radical (unpaired) electrons. The van der Waals surface area contributed by atoms with Crippen LogP contribution in [0, 0.1) is 12.3 Å². The third-order valence-corrected chi connectivity index (χ3v) is 1.21. The van der Waals surface area contributed by atoms with Gasteiger partial charge in [-0.1, -0.05) is 5.92 Å². The number of halogens is 3. The monoisotopic (exact) mass is 195 g/mol. The molecule has 1 atom stereocenters. The van der Waals surface area contributed by atoms with Gasteiger partial charge >= 0.3 is 6.18 Å². The van der Waals surface area contributed by atoms with E-state index in [9.17, 15) is 13.2 Å². The highest BCUT2D eigenvalue weighted by atomic mass is 19.4. The van der Waals surface area contributed by atoms with E-state index in [1.165, 1.54) is 0 Å². The third kappa shape index (κ3) is 9.18. The van der Waals surface area contributed by atoms with Crippen molar-refractivity contribution in [3.63, 3.8) is 0 Å². The first-order valence-corrected chi connectivity index (χ1v) is 3.79. The summed E-state index contributed by atoms with van der Waals surface area (Å²) in [5, 5.41) is 2.79. The molecule has 76 valence electrons. The summed E-state index contributed by atoms with van der Waals surface area (Å²) >= 11 is 0. The molecule has 1 unspecified atom stereocenters. The minimum Gasteiger partial charge on any atom is -0.371 e. The van der Waals surface area contributed by atoms with Gasteiger partial charge in [-0.2, -0.15) is 13.2 Å². The van der Waals surface area contributed by atoms with Gasteiger partial charge in [0.05, 0.1) is 12.6 Å². The lowest BCUT2D eigenvalue weighted by Crippen LogP contribution is -2.29.